The Labute approximate surface area is 111 Å². The maximum atomic E-state index is 10.2. The van der Waals surface area contributed by atoms with Gasteiger partial charge in [0, 0.05) is 4.88 Å². The van der Waals surface area contributed by atoms with E-state index in [0.29, 0.717) is 4.34 Å². The number of thiophene rings is 1. The Kier molecular flexibility index (Phi) is 4.21. The van der Waals surface area contributed by atoms with Gasteiger partial charge < -0.3 is 5.11 Å². The Bertz CT molecular complexity index is 492. The molecule has 0 saturated heterocycles. The molecule has 1 unspecified atom stereocenters. The second-order valence-corrected chi connectivity index (χ2v) is 5.79. The van der Waals surface area contributed by atoms with Crippen LogP contribution in [0.1, 0.15) is 35.5 Å². The number of hydrogen-bond acceptors (Lipinski definition) is 2. The number of rotatable bonds is 4. The van der Waals surface area contributed by atoms with E-state index in [4.69, 9.17) is 11.6 Å². The fourth-order valence-corrected chi connectivity index (χ4v) is 2.92. The zero-order chi connectivity index (χ0) is 12.3. The fourth-order valence-electron chi connectivity index (χ4n) is 1.85. The Morgan fingerprint density at radius 1 is 1.29 bits per heavy atom. The minimum absolute atomic E-state index is 0.565. The zero-order valence-corrected chi connectivity index (χ0v) is 11.3. The molecular formula is C14H15ClOS. The van der Waals surface area contributed by atoms with Gasteiger partial charge in [-0.1, -0.05) is 49.2 Å². The van der Waals surface area contributed by atoms with Crippen molar-refractivity contribution in [1.82, 2.24) is 0 Å². The topological polar surface area (TPSA) is 20.2 Å². The smallest absolute Gasteiger partial charge is 0.113 e. The quantitative estimate of drug-likeness (QED) is 0.868. The predicted octanol–water partition coefficient (Wildman–Crippen LogP) is 4.44. The molecule has 1 aromatic heterocycles. The van der Waals surface area contributed by atoms with E-state index in [1.165, 1.54) is 16.9 Å². The monoisotopic (exact) mass is 266 g/mol. The van der Waals surface area contributed by atoms with Crippen molar-refractivity contribution in [3.05, 3.63) is 56.7 Å². The molecule has 1 heterocycles. The highest BCUT2D eigenvalue weighted by molar-refractivity contribution is 7.16. The van der Waals surface area contributed by atoms with E-state index in [-0.39, 0.29) is 0 Å². The lowest BCUT2D eigenvalue weighted by Crippen LogP contribution is -1.98. The van der Waals surface area contributed by atoms with Crippen LogP contribution in [0.4, 0.5) is 0 Å². The first kappa shape index (κ1) is 12.6. The Balaban J connectivity index is 2.24. The minimum atomic E-state index is -0.565. The highest BCUT2D eigenvalue weighted by Gasteiger charge is 2.12. The van der Waals surface area contributed by atoms with Gasteiger partial charge in [0.2, 0.25) is 0 Å². The molecular weight excluding hydrogens is 252 g/mol. The first-order valence-electron chi connectivity index (χ1n) is 5.73. The lowest BCUT2D eigenvalue weighted by molar-refractivity contribution is 0.224. The molecule has 90 valence electrons. The van der Waals surface area contributed by atoms with Crippen molar-refractivity contribution in [3.8, 4) is 0 Å². The summed E-state index contributed by atoms with van der Waals surface area (Å²) in [5.41, 5.74) is 2.21. The number of hydrogen-bond donors (Lipinski definition) is 1. The number of aliphatic hydroxyl groups excluding tert-OH is 1. The molecule has 1 N–H and O–H groups in total. The van der Waals surface area contributed by atoms with E-state index >= 15 is 0 Å². The third-order valence-corrected chi connectivity index (χ3v) is 3.95. The van der Waals surface area contributed by atoms with Crippen LogP contribution in [0.15, 0.2) is 36.4 Å². The van der Waals surface area contributed by atoms with E-state index in [2.05, 4.69) is 19.1 Å². The maximum Gasteiger partial charge on any atom is 0.113 e. The fraction of sp³-hybridized carbons (Fsp3) is 0.286. The third-order valence-electron chi connectivity index (χ3n) is 2.67. The molecule has 0 aliphatic heterocycles. The normalized spacial score (nSPS) is 12.6. The molecule has 0 bridgehead atoms. The summed E-state index contributed by atoms with van der Waals surface area (Å²) in [6.07, 6.45) is 1.60. The molecule has 0 amide bonds. The standard InChI is InChI=1S/C14H15ClOS/c1-2-4-10-5-3-6-11(9-10)14(16)12-7-8-13(15)17-12/h3,5-9,14,16H,2,4H2,1H3. The van der Waals surface area contributed by atoms with Crippen molar-refractivity contribution in [2.75, 3.05) is 0 Å². The first-order chi connectivity index (χ1) is 8.20. The molecule has 0 fully saturated rings. The van der Waals surface area contributed by atoms with Crippen molar-refractivity contribution in [3.63, 3.8) is 0 Å². The van der Waals surface area contributed by atoms with Gasteiger partial charge in [0.1, 0.15) is 6.10 Å². The summed E-state index contributed by atoms with van der Waals surface area (Å²) in [6.45, 7) is 2.15. The highest BCUT2D eigenvalue weighted by atomic mass is 35.5. The van der Waals surface area contributed by atoms with Gasteiger partial charge in [-0.15, -0.1) is 11.3 Å². The van der Waals surface area contributed by atoms with Crippen LogP contribution < -0.4 is 0 Å². The van der Waals surface area contributed by atoms with E-state index in [1.54, 1.807) is 0 Å². The van der Waals surface area contributed by atoms with Crippen LogP contribution in [0.5, 0.6) is 0 Å². The van der Waals surface area contributed by atoms with Crippen LogP contribution in [0.3, 0.4) is 0 Å². The SMILES string of the molecule is CCCc1cccc(C(O)c2ccc(Cl)s2)c1. The lowest BCUT2D eigenvalue weighted by atomic mass is 10.0. The van der Waals surface area contributed by atoms with Gasteiger partial charge in [-0.2, -0.15) is 0 Å². The molecule has 1 nitrogen and oxygen atoms in total. The molecule has 0 aliphatic carbocycles. The van der Waals surface area contributed by atoms with Crippen molar-refractivity contribution in [2.45, 2.75) is 25.9 Å². The number of aliphatic hydroxyl groups is 1. The van der Waals surface area contributed by atoms with Gasteiger partial charge in [-0.05, 0) is 29.7 Å². The number of benzene rings is 1. The minimum Gasteiger partial charge on any atom is -0.383 e. The molecule has 2 aromatic rings. The van der Waals surface area contributed by atoms with Crippen LogP contribution in [0.25, 0.3) is 0 Å². The van der Waals surface area contributed by atoms with Crippen LogP contribution >= 0.6 is 22.9 Å². The molecule has 1 aromatic carbocycles. The molecule has 0 radical (unpaired) electrons. The average molecular weight is 267 g/mol. The summed E-state index contributed by atoms with van der Waals surface area (Å²) in [6, 6.07) is 11.8. The van der Waals surface area contributed by atoms with Crippen LogP contribution in [0, 0.1) is 0 Å². The molecule has 1 atom stereocenters. The predicted molar refractivity (Wildman–Crippen MR) is 73.8 cm³/mol. The van der Waals surface area contributed by atoms with Crippen molar-refractivity contribution in [1.29, 1.82) is 0 Å². The van der Waals surface area contributed by atoms with E-state index in [1.807, 2.05) is 24.3 Å². The van der Waals surface area contributed by atoms with E-state index < -0.39 is 6.10 Å². The second-order valence-electron chi connectivity index (χ2n) is 4.04. The molecule has 17 heavy (non-hydrogen) atoms. The Morgan fingerprint density at radius 2 is 2.12 bits per heavy atom. The van der Waals surface area contributed by atoms with Crippen LogP contribution in [0.2, 0.25) is 4.34 Å². The lowest BCUT2D eigenvalue weighted by Gasteiger charge is -2.10. The van der Waals surface area contributed by atoms with Gasteiger partial charge in [0.15, 0.2) is 0 Å². The third kappa shape index (κ3) is 3.09. The van der Waals surface area contributed by atoms with Gasteiger partial charge in [0.25, 0.3) is 0 Å². The summed E-state index contributed by atoms with van der Waals surface area (Å²) in [4.78, 5) is 0.892. The molecule has 0 saturated carbocycles. The molecule has 0 aliphatic rings. The maximum absolute atomic E-state index is 10.2. The Morgan fingerprint density at radius 3 is 2.76 bits per heavy atom. The molecule has 2 rings (SSSR count). The molecule has 3 heteroatoms. The van der Waals surface area contributed by atoms with Gasteiger partial charge in [0.05, 0.1) is 4.34 Å². The van der Waals surface area contributed by atoms with Gasteiger partial charge in [-0.25, -0.2) is 0 Å². The average Bonchev–Trinajstić information content (AvgIpc) is 2.76. The summed E-state index contributed by atoms with van der Waals surface area (Å²) in [7, 11) is 0. The zero-order valence-electron chi connectivity index (χ0n) is 9.69. The summed E-state index contributed by atoms with van der Waals surface area (Å²) in [5, 5.41) is 10.2. The van der Waals surface area contributed by atoms with E-state index in [0.717, 1.165) is 23.3 Å². The van der Waals surface area contributed by atoms with Crippen molar-refractivity contribution in [2.24, 2.45) is 0 Å². The number of aryl methyl sites for hydroxylation is 1. The summed E-state index contributed by atoms with van der Waals surface area (Å²) >= 11 is 7.31. The number of halogens is 1. The Hall–Kier alpha value is -0.830. The van der Waals surface area contributed by atoms with Gasteiger partial charge >= 0.3 is 0 Å². The van der Waals surface area contributed by atoms with Crippen LogP contribution in [-0.2, 0) is 6.42 Å². The first-order valence-corrected chi connectivity index (χ1v) is 6.92. The largest absolute Gasteiger partial charge is 0.383 e. The summed E-state index contributed by atoms with van der Waals surface area (Å²) in [5.74, 6) is 0. The van der Waals surface area contributed by atoms with E-state index in [9.17, 15) is 5.11 Å². The molecule has 0 spiro atoms. The highest BCUT2D eigenvalue weighted by Crippen LogP contribution is 2.31. The van der Waals surface area contributed by atoms with Crippen molar-refractivity contribution >= 4 is 22.9 Å². The summed E-state index contributed by atoms with van der Waals surface area (Å²) < 4.78 is 0.712. The van der Waals surface area contributed by atoms with Gasteiger partial charge in [-0.3, -0.25) is 0 Å². The van der Waals surface area contributed by atoms with Crippen LogP contribution in [-0.4, -0.2) is 5.11 Å². The van der Waals surface area contributed by atoms with Crippen molar-refractivity contribution < 1.29 is 5.11 Å². The second kappa shape index (κ2) is 5.67.